The summed E-state index contributed by atoms with van der Waals surface area (Å²) in [6.07, 6.45) is 3.42. The van der Waals surface area contributed by atoms with Crippen LogP contribution >= 0.6 is 0 Å². The molecule has 1 rings (SSSR count). The average molecular weight is 269 g/mol. The summed E-state index contributed by atoms with van der Waals surface area (Å²) in [5, 5.41) is 15.4. The third-order valence-electron chi connectivity index (χ3n) is 2.50. The lowest BCUT2D eigenvalue weighted by molar-refractivity contribution is -0.138. The van der Waals surface area contributed by atoms with Gasteiger partial charge in [-0.25, -0.2) is 0 Å². The van der Waals surface area contributed by atoms with Crippen molar-refractivity contribution in [2.45, 2.75) is 26.3 Å². The minimum absolute atomic E-state index is 0.0134. The van der Waals surface area contributed by atoms with E-state index >= 15 is 0 Å². The average Bonchev–Trinajstić information content (AvgIpc) is 2.72. The number of nitrogens with one attached hydrogen (secondary N) is 1. The highest BCUT2D eigenvalue weighted by Gasteiger charge is 2.13. The summed E-state index contributed by atoms with van der Waals surface area (Å²) in [5.41, 5.74) is 0.601. The van der Waals surface area contributed by atoms with Crippen molar-refractivity contribution in [3.05, 3.63) is 12.4 Å². The first-order chi connectivity index (χ1) is 9.01. The summed E-state index contributed by atoms with van der Waals surface area (Å²) in [5.74, 6) is -1.30. The van der Waals surface area contributed by atoms with E-state index in [0.717, 1.165) is 0 Å². The molecule has 19 heavy (non-hydrogen) atoms. The summed E-state index contributed by atoms with van der Waals surface area (Å²) in [4.78, 5) is 22.2. The summed E-state index contributed by atoms with van der Waals surface area (Å²) in [7, 11) is 1.61. The van der Waals surface area contributed by atoms with Gasteiger partial charge in [-0.05, 0) is 5.92 Å². The zero-order valence-corrected chi connectivity index (χ0v) is 11.1. The van der Waals surface area contributed by atoms with Crippen LogP contribution in [0.15, 0.2) is 12.4 Å². The Morgan fingerprint density at radius 2 is 2.26 bits per heavy atom. The number of carbonyl (C=O) groups is 2. The number of carbonyl (C=O) groups excluding carboxylic acids is 1. The van der Waals surface area contributed by atoms with Crippen molar-refractivity contribution in [2.24, 2.45) is 5.92 Å². The Morgan fingerprint density at radius 3 is 2.89 bits per heavy atom. The van der Waals surface area contributed by atoms with E-state index in [4.69, 9.17) is 9.84 Å². The summed E-state index contributed by atoms with van der Waals surface area (Å²) in [6, 6.07) is 0. The number of nitrogens with zero attached hydrogens (tertiary/aromatic N) is 2. The van der Waals surface area contributed by atoms with Gasteiger partial charge in [0.25, 0.3) is 0 Å². The molecule has 1 unspecified atom stereocenters. The van der Waals surface area contributed by atoms with E-state index in [-0.39, 0.29) is 24.7 Å². The topological polar surface area (TPSA) is 93.5 Å². The molecule has 7 heteroatoms. The predicted molar refractivity (Wildman–Crippen MR) is 68.8 cm³/mol. The second kappa shape index (κ2) is 7.52. The van der Waals surface area contributed by atoms with Crippen LogP contribution in [0.5, 0.6) is 0 Å². The van der Waals surface area contributed by atoms with Gasteiger partial charge < -0.3 is 15.2 Å². The number of methoxy groups -OCH3 is 1. The van der Waals surface area contributed by atoms with Gasteiger partial charge in [-0.3, -0.25) is 14.3 Å². The number of anilines is 1. The maximum Gasteiger partial charge on any atom is 0.303 e. The van der Waals surface area contributed by atoms with Crippen molar-refractivity contribution in [1.82, 2.24) is 9.78 Å². The van der Waals surface area contributed by atoms with E-state index < -0.39 is 5.97 Å². The predicted octanol–water partition coefficient (Wildman–Crippen LogP) is 0.969. The second-order valence-corrected chi connectivity index (χ2v) is 4.44. The molecule has 0 spiro atoms. The van der Waals surface area contributed by atoms with Crippen molar-refractivity contribution in [3.8, 4) is 0 Å². The molecular weight excluding hydrogens is 250 g/mol. The first-order valence-electron chi connectivity index (χ1n) is 6.04. The molecule has 2 N–H and O–H groups in total. The van der Waals surface area contributed by atoms with Crippen LogP contribution in [0.2, 0.25) is 0 Å². The summed E-state index contributed by atoms with van der Waals surface area (Å²) >= 11 is 0. The van der Waals surface area contributed by atoms with Crippen LogP contribution in [0, 0.1) is 5.92 Å². The third kappa shape index (κ3) is 6.01. The SMILES string of the molecule is COCCn1cc(NC(=O)CC(C)CC(=O)O)cn1. The molecule has 0 aliphatic carbocycles. The summed E-state index contributed by atoms with van der Waals surface area (Å²) < 4.78 is 6.59. The Balaban J connectivity index is 2.39. The fourth-order valence-electron chi connectivity index (χ4n) is 1.63. The van der Waals surface area contributed by atoms with Gasteiger partial charge in [0.05, 0.1) is 25.0 Å². The standard InChI is InChI=1S/C12H19N3O4/c1-9(6-12(17)18)5-11(16)14-10-7-13-15(8-10)3-4-19-2/h7-9H,3-6H2,1-2H3,(H,14,16)(H,17,18). The van der Waals surface area contributed by atoms with Crippen LogP contribution in [0.3, 0.4) is 0 Å². The minimum Gasteiger partial charge on any atom is -0.481 e. The zero-order valence-electron chi connectivity index (χ0n) is 11.1. The van der Waals surface area contributed by atoms with Crippen LogP contribution in [0.25, 0.3) is 0 Å². The Kier molecular flexibility index (Phi) is 6.01. The van der Waals surface area contributed by atoms with E-state index in [9.17, 15) is 9.59 Å². The molecule has 0 saturated carbocycles. The monoisotopic (exact) mass is 269 g/mol. The lowest BCUT2D eigenvalue weighted by Gasteiger charge is -2.07. The first kappa shape index (κ1) is 15.2. The van der Waals surface area contributed by atoms with Gasteiger partial charge in [0.15, 0.2) is 0 Å². The van der Waals surface area contributed by atoms with Gasteiger partial charge in [-0.15, -0.1) is 0 Å². The molecule has 1 aromatic heterocycles. The lowest BCUT2D eigenvalue weighted by atomic mass is 10.0. The van der Waals surface area contributed by atoms with Gasteiger partial charge in [0.2, 0.25) is 5.91 Å². The number of hydrogen-bond acceptors (Lipinski definition) is 4. The van der Waals surface area contributed by atoms with Gasteiger partial charge in [0, 0.05) is 26.1 Å². The molecule has 0 radical (unpaired) electrons. The molecular formula is C12H19N3O4. The molecule has 7 nitrogen and oxygen atoms in total. The molecule has 0 fully saturated rings. The number of carboxylic acids is 1. The van der Waals surface area contributed by atoms with E-state index in [0.29, 0.717) is 18.8 Å². The van der Waals surface area contributed by atoms with Crippen molar-refractivity contribution >= 4 is 17.6 Å². The Hall–Kier alpha value is -1.89. The molecule has 1 aromatic rings. The molecule has 0 bridgehead atoms. The molecule has 0 aliphatic rings. The quantitative estimate of drug-likeness (QED) is 0.733. The van der Waals surface area contributed by atoms with E-state index in [1.165, 1.54) is 0 Å². The highest BCUT2D eigenvalue weighted by molar-refractivity contribution is 5.90. The Morgan fingerprint density at radius 1 is 1.53 bits per heavy atom. The van der Waals surface area contributed by atoms with Crippen molar-refractivity contribution < 1.29 is 19.4 Å². The molecule has 0 saturated heterocycles. The van der Waals surface area contributed by atoms with Crippen molar-refractivity contribution in [1.29, 1.82) is 0 Å². The summed E-state index contributed by atoms with van der Waals surface area (Å²) in [6.45, 7) is 2.89. The van der Waals surface area contributed by atoms with Crippen LogP contribution in [0.1, 0.15) is 19.8 Å². The molecule has 1 heterocycles. The number of hydrogen-bond donors (Lipinski definition) is 2. The second-order valence-electron chi connectivity index (χ2n) is 4.44. The number of aliphatic carboxylic acids is 1. The highest BCUT2D eigenvalue weighted by atomic mass is 16.5. The van der Waals surface area contributed by atoms with Crippen LogP contribution < -0.4 is 5.32 Å². The fraction of sp³-hybridized carbons (Fsp3) is 0.583. The number of aromatic nitrogens is 2. The van der Waals surface area contributed by atoms with Crippen LogP contribution in [-0.4, -0.2) is 40.5 Å². The third-order valence-corrected chi connectivity index (χ3v) is 2.50. The maximum absolute atomic E-state index is 11.7. The Labute approximate surface area is 111 Å². The molecule has 1 amide bonds. The van der Waals surface area contributed by atoms with Gasteiger partial charge in [0.1, 0.15) is 0 Å². The van der Waals surface area contributed by atoms with Gasteiger partial charge in [-0.2, -0.15) is 5.10 Å². The smallest absolute Gasteiger partial charge is 0.303 e. The Bertz CT molecular complexity index is 430. The maximum atomic E-state index is 11.7. The fourth-order valence-corrected chi connectivity index (χ4v) is 1.63. The molecule has 0 aliphatic heterocycles. The van der Waals surface area contributed by atoms with E-state index in [1.54, 1.807) is 31.1 Å². The van der Waals surface area contributed by atoms with E-state index in [1.807, 2.05) is 0 Å². The molecule has 1 atom stereocenters. The molecule has 0 aromatic carbocycles. The van der Waals surface area contributed by atoms with Crippen molar-refractivity contribution in [2.75, 3.05) is 19.0 Å². The minimum atomic E-state index is -0.896. The largest absolute Gasteiger partial charge is 0.481 e. The van der Waals surface area contributed by atoms with Crippen LogP contribution in [-0.2, 0) is 20.9 Å². The number of amides is 1. The van der Waals surface area contributed by atoms with Crippen LogP contribution in [0.4, 0.5) is 5.69 Å². The van der Waals surface area contributed by atoms with E-state index in [2.05, 4.69) is 10.4 Å². The number of rotatable bonds is 8. The lowest BCUT2D eigenvalue weighted by Crippen LogP contribution is -2.16. The van der Waals surface area contributed by atoms with Crippen molar-refractivity contribution in [3.63, 3.8) is 0 Å². The first-order valence-corrected chi connectivity index (χ1v) is 6.04. The number of carboxylic acid groups (broad SMARTS) is 1. The molecule has 106 valence electrons. The normalized spacial score (nSPS) is 12.1. The highest BCUT2D eigenvalue weighted by Crippen LogP contribution is 2.11. The number of ether oxygens (including phenoxy) is 1. The van der Waals surface area contributed by atoms with Gasteiger partial charge >= 0.3 is 5.97 Å². The van der Waals surface area contributed by atoms with Gasteiger partial charge in [-0.1, -0.05) is 6.92 Å². The zero-order chi connectivity index (χ0) is 14.3.